The van der Waals surface area contributed by atoms with Gasteiger partial charge < -0.3 is 10.5 Å². The van der Waals surface area contributed by atoms with Crippen molar-refractivity contribution in [1.82, 2.24) is 0 Å². The van der Waals surface area contributed by atoms with Gasteiger partial charge in [-0.3, -0.25) is 0 Å². The average molecular weight is 237 g/mol. The van der Waals surface area contributed by atoms with Crippen LogP contribution in [-0.4, -0.2) is 6.10 Å². The van der Waals surface area contributed by atoms with Crippen molar-refractivity contribution in [3.63, 3.8) is 0 Å². The zero-order valence-corrected chi connectivity index (χ0v) is 10.4. The van der Waals surface area contributed by atoms with E-state index in [1.165, 1.54) is 12.5 Å². The van der Waals surface area contributed by atoms with E-state index in [2.05, 4.69) is 13.8 Å². The lowest BCUT2D eigenvalue weighted by molar-refractivity contribution is 0.0971. The molecule has 0 saturated heterocycles. The van der Waals surface area contributed by atoms with Crippen molar-refractivity contribution in [1.29, 1.82) is 0 Å². The maximum Gasteiger partial charge on any atom is 0.167 e. The normalized spacial score (nSPS) is 29.0. The van der Waals surface area contributed by atoms with E-state index in [9.17, 15) is 4.39 Å². The largest absolute Gasteiger partial charge is 0.487 e. The number of benzene rings is 1. The van der Waals surface area contributed by atoms with Crippen LogP contribution in [0.5, 0.6) is 5.75 Å². The molecule has 2 rings (SSSR count). The van der Waals surface area contributed by atoms with Gasteiger partial charge in [-0.2, -0.15) is 0 Å². The van der Waals surface area contributed by atoms with E-state index in [0.29, 0.717) is 23.3 Å². The van der Waals surface area contributed by atoms with E-state index >= 15 is 0 Å². The predicted molar refractivity (Wildman–Crippen MR) is 67.4 cm³/mol. The predicted octanol–water partition coefficient (Wildman–Crippen LogP) is 3.61. The molecule has 0 radical (unpaired) electrons. The summed E-state index contributed by atoms with van der Waals surface area (Å²) in [7, 11) is 0. The third kappa shape index (κ3) is 3.11. The Balaban J connectivity index is 2.04. The van der Waals surface area contributed by atoms with Crippen LogP contribution in [0.25, 0.3) is 0 Å². The molecular formula is C14H20FNO. The van der Waals surface area contributed by atoms with Crippen molar-refractivity contribution in [3.05, 3.63) is 24.0 Å². The minimum Gasteiger partial charge on any atom is -0.487 e. The highest BCUT2D eigenvalue weighted by Gasteiger charge is 2.25. The molecule has 2 N–H and O–H groups in total. The molecule has 1 saturated carbocycles. The monoisotopic (exact) mass is 237 g/mol. The summed E-state index contributed by atoms with van der Waals surface area (Å²) in [5, 5.41) is 0. The molecule has 1 fully saturated rings. The Morgan fingerprint density at radius 1 is 1.18 bits per heavy atom. The lowest BCUT2D eigenvalue weighted by atomic mass is 9.82. The first kappa shape index (κ1) is 12.2. The minimum absolute atomic E-state index is 0.131. The molecule has 2 nitrogen and oxygen atoms in total. The number of nitrogens with two attached hydrogens (primary N) is 1. The Labute approximate surface area is 102 Å². The van der Waals surface area contributed by atoms with Gasteiger partial charge in [0, 0.05) is 11.8 Å². The smallest absolute Gasteiger partial charge is 0.167 e. The van der Waals surface area contributed by atoms with Crippen LogP contribution in [0.15, 0.2) is 18.2 Å². The van der Waals surface area contributed by atoms with Gasteiger partial charge in [0.2, 0.25) is 0 Å². The quantitative estimate of drug-likeness (QED) is 0.797. The molecule has 0 aromatic heterocycles. The summed E-state index contributed by atoms with van der Waals surface area (Å²) < 4.78 is 19.3. The highest BCUT2D eigenvalue weighted by molar-refractivity contribution is 5.42. The Morgan fingerprint density at radius 3 is 2.41 bits per heavy atom. The zero-order valence-electron chi connectivity index (χ0n) is 10.4. The number of rotatable bonds is 2. The van der Waals surface area contributed by atoms with Gasteiger partial charge in [-0.1, -0.05) is 13.8 Å². The second-order valence-corrected chi connectivity index (χ2v) is 5.35. The summed E-state index contributed by atoms with van der Waals surface area (Å²) in [6.45, 7) is 4.46. The Kier molecular flexibility index (Phi) is 3.55. The van der Waals surface area contributed by atoms with E-state index in [1.807, 2.05) is 0 Å². The number of ether oxygens (including phenoxy) is 1. The first-order chi connectivity index (χ1) is 8.04. The van der Waals surface area contributed by atoms with Crippen molar-refractivity contribution < 1.29 is 9.13 Å². The van der Waals surface area contributed by atoms with Gasteiger partial charge in [0.15, 0.2) is 11.6 Å². The number of hydrogen-bond acceptors (Lipinski definition) is 2. The molecule has 94 valence electrons. The molecule has 2 unspecified atom stereocenters. The second-order valence-electron chi connectivity index (χ2n) is 5.35. The molecule has 17 heavy (non-hydrogen) atoms. The van der Waals surface area contributed by atoms with Gasteiger partial charge >= 0.3 is 0 Å². The van der Waals surface area contributed by atoms with Crippen molar-refractivity contribution in [2.45, 2.75) is 39.2 Å². The fourth-order valence-electron chi connectivity index (χ4n) is 2.76. The molecular weight excluding hydrogens is 217 g/mol. The first-order valence-electron chi connectivity index (χ1n) is 6.26. The van der Waals surface area contributed by atoms with E-state index in [0.717, 1.165) is 12.8 Å². The molecule has 1 aromatic carbocycles. The van der Waals surface area contributed by atoms with Crippen LogP contribution in [0.2, 0.25) is 0 Å². The maximum atomic E-state index is 13.6. The van der Waals surface area contributed by atoms with Crippen LogP contribution in [0, 0.1) is 17.7 Å². The topological polar surface area (TPSA) is 35.2 Å². The van der Waals surface area contributed by atoms with Crippen LogP contribution in [0.1, 0.15) is 33.1 Å². The highest BCUT2D eigenvalue weighted by Crippen LogP contribution is 2.32. The molecule has 0 heterocycles. The van der Waals surface area contributed by atoms with Crippen LogP contribution in [0.4, 0.5) is 10.1 Å². The Hall–Kier alpha value is -1.25. The summed E-state index contributed by atoms with van der Waals surface area (Å²) >= 11 is 0. The van der Waals surface area contributed by atoms with E-state index in [4.69, 9.17) is 10.5 Å². The average Bonchev–Trinajstić information content (AvgIpc) is 2.21. The molecule has 0 spiro atoms. The molecule has 3 heteroatoms. The van der Waals surface area contributed by atoms with Crippen LogP contribution in [0.3, 0.4) is 0 Å². The molecule has 1 aliphatic carbocycles. The summed E-state index contributed by atoms with van der Waals surface area (Å²) in [4.78, 5) is 0. The SMILES string of the molecule is CC1CC(C)CC(Oc2ccc(N)cc2F)C1. The third-order valence-corrected chi connectivity index (χ3v) is 3.38. The van der Waals surface area contributed by atoms with E-state index < -0.39 is 0 Å². The van der Waals surface area contributed by atoms with E-state index in [1.54, 1.807) is 12.1 Å². The van der Waals surface area contributed by atoms with Crippen LogP contribution >= 0.6 is 0 Å². The van der Waals surface area contributed by atoms with Gasteiger partial charge in [-0.25, -0.2) is 4.39 Å². The molecule has 1 aliphatic rings. The molecule has 0 amide bonds. The lowest BCUT2D eigenvalue weighted by Gasteiger charge is -2.31. The molecule has 0 bridgehead atoms. The van der Waals surface area contributed by atoms with Gasteiger partial charge in [-0.15, -0.1) is 0 Å². The van der Waals surface area contributed by atoms with Crippen LogP contribution < -0.4 is 10.5 Å². The van der Waals surface area contributed by atoms with Crippen molar-refractivity contribution in [3.8, 4) is 5.75 Å². The summed E-state index contributed by atoms with van der Waals surface area (Å²) in [6.07, 6.45) is 3.39. The van der Waals surface area contributed by atoms with Crippen molar-refractivity contribution in [2.24, 2.45) is 11.8 Å². The van der Waals surface area contributed by atoms with Crippen LogP contribution in [-0.2, 0) is 0 Å². The molecule has 1 aromatic rings. The minimum atomic E-state index is -0.365. The lowest BCUT2D eigenvalue weighted by Crippen LogP contribution is -2.28. The number of hydrogen-bond donors (Lipinski definition) is 1. The third-order valence-electron chi connectivity index (χ3n) is 3.38. The number of nitrogen functional groups attached to an aromatic ring is 1. The fourth-order valence-corrected chi connectivity index (χ4v) is 2.76. The van der Waals surface area contributed by atoms with E-state index in [-0.39, 0.29) is 11.9 Å². The zero-order chi connectivity index (χ0) is 12.4. The Bertz CT molecular complexity index is 384. The van der Waals surface area contributed by atoms with Gasteiger partial charge in [0.1, 0.15) is 0 Å². The summed E-state index contributed by atoms with van der Waals surface area (Å²) in [5.74, 6) is 1.27. The number of anilines is 1. The first-order valence-corrected chi connectivity index (χ1v) is 6.26. The Morgan fingerprint density at radius 2 is 1.82 bits per heavy atom. The van der Waals surface area contributed by atoms with Gasteiger partial charge in [0.25, 0.3) is 0 Å². The number of halogens is 1. The summed E-state index contributed by atoms with van der Waals surface area (Å²) in [6, 6.07) is 4.60. The molecule has 2 atom stereocenters. The standard InChI is InChI=1S/C14H20FNO/c1-9-5-10(2)7-12(6-9)17-14-4-3-11(16)8-13(14)15/h3-4,8-10,12H,5-7,16H2,1-2H3. The molecule has 0 aliphatic heterocycles. The van der Waals surface area contributed by atoms with Gasteiger partial charge in [-0.05, 0) is 43.2 Å². The highest BCUT2D eigenvalue weighted by atomic mass is 19.1. The summed E-state index contributed by atoms with van der Waals surface area (Å²) in [5.41, 5.74) is 5.94. The maximum absolute atomic E-state index is 13.6. The second kappa shape index (κ2) is 4.94. The van der Waals surface area contributed by atoms with Crippen molar-refractivity contribution >= 4 is 5.69 Å². The van der Waals surface area contributed by atoms with Gasteiger partial charge in [0.05, 0.1) is 6.10 Å². The van der Waals surface area contributed by atoms with Crippen molar-refractivity contribution in [2.75, 3.05) is 5.73 Å². The fraction of sp³-hybridized carbons (Fsp3) is 0.571.